The molecular weight excluding hydrogens is 261 g/mol. The van der Waals surface area contributed by atoms with E-state index in [0.29, 0.717) is 12.5 Å². The van der Waals surface area contributed by atoms with Gasteiger partial charge in [0.2, 0.25) is 5.91 Å². The summed E-state index contributed by atoms with van der Waals surface area (Å²) in [5.74, 6) is 1.50. The van der Waals surface area contributed by atoms with Crippen LogP contribution in [0, 0.1) is 5.82 Å². The lowest BCUT2D eigenvalue weighted by molar-refractivity contribution is -0.121. The maximum Gasteiger partial charge on any atom is 0.221 e. The number of thioether (sulfide) groups is 1. The number of benzene rings is 1. The molecule has 1 saturated carbocycles. The number of carbonyl (C=O) groups is 1. The van der Waals surface area contributed by atoms with E-state index in [1.165, 1.54) is 18.9 Å². The number of halogens is 1. The number of rotatable bonds is 6. The van der Waals surface area contributed by atoms with Gasteiger partial charge in [0.15, 0.2) is 0 Å². The van der Waals surface area contributed by atoms with Crippen LogP contribution in [0.2, 0.25) is 0 Å². The zero-order valence-electron chi connectivity index (χ0n) is 11.0. The summed E-state index contributed by atoms with van der Waals surface area (Å²) >= 11 is 1.67. The van der Waals surface area contributed by atoms with Gasteiger partial charge in [-0.2, -0.15) is 11.8 Å². The molecule has 0 radical (unpaired) electrons. The Hall–Kier alpha value is -1.03. The average molecular weight is 281 g/mol. The Labute approximate surface area is 118 Å². The molecule has 1 aliphatic carbocycles. The second kappa shape index (κ2) is 7.53. The van der Waals surface area contributed by atoms with E-state index >= 15 is 0 Å². The second-order valence-electron chi connectivity index (χ2n) is 4.98. The fraction of sp³-hybridized carbons (Fsp3) is 0.533. The summed E-state index contributed by atoms with van der Waals surface area (Å²) in [4.78, 5) is 11.7. The fourth-order valence-electron chi connectivity index (χ4n) is 2.35. The van der Waals surface area contributed by atoms with Gasteiger partial charge in [0.1, 0.15) is 5.82 Å². The molecule has 0 unspecified atom stereocenters. The molecule has 0 aromatic heterocycles. The number of hydrogen-bond donors (Lipinski definition) is 1. The van der Waals surface area contributed by atoms with E-state index in [-0.39, 0.29) is 11.7 Å². The third kappa shape index (κ3) is 5.23. The number of hydrogen-bond acceptors (Lipinski definition) is 2. The van der Waals surface area contributed by atoms with Crippen LogP contribution in [0.5, 0.6) is 0 Å². The molecule has 1 aromatic carbocycles. The summed E-state index contributed by atoms with van der Waals surface area (Å²) in [5.41, 5.74) is 0.973. The Morgan fingerprint density at radius 3 is 2.89 bits per heavy atom. The molecule has 4 heteroatoms. The molecule has 104 valence electrons. The summed E-state index contributed by atoms with van der Waals surface area (Å²) in [6, 6.07) is 7.03. The van der Waals surface area contributed by atoms with E-state index in [0.717, 1.165) is 29.9 Å². The van der Waals surface area contributed by atoms with Gasteiger partial charge in [0.25, 0.3) is 0 Å². The molecule has 19 heavy (non-hydrogen) atoms. The van der Waals surface area contributed by atoms with Crippen molar-refractivity contribution in [2.45, 2.75) is 43.9 Å². The van der Waals surface area contributed by atoms with Crippen LogP contribution in [0.1, 0.15) is 37.7 Å². The molecular formula is C15H20FNOS. The molecule has 0 bridgehead atoms. The first-order chi connectivity index (χ1) is 9.24. The molecule has 0 spiro atoms. The lowest BCUT2D eigenvalue weighted by atomic mass is 10.2. The highest BCUT2D eigenvalue weighted by Crippen LogP contribution is 2.18. The van der Waals surface area contributed by atoms with E-state index in [4.69, 9.17) is 0 Å². The SMILES string of the molecule is O=C(CCSCc1cccc(F)c1)NC1CCCC1. The van der Waals surface area contributed by atoms with Crippen LogP contribution in [0.25, 0.3) is 0 Å². The monoisotopic (exact) mass is 281 g/mol. The molecule has 1 aliphatic rings. The van der Waals surface area contributed by atoms with E-state index in [1.54, 1.807) is 23.9 Å². The maximum atomic E-state index is 13.0. The highest BCUT2D eigenvalue weighted by Gasteiger charge is 2.16. The highest BCUT2D eigenvalue weighted by molar-refractivity contribution is 7.98. The van der Waals surface area contributed by atoms with Crippen LogP contribution < -0.4 is 5.32 Å². The summed E-state index contributed by atoms with van der Waals surface area (Å²) in [7, 11) is 0. The lowest BCUT2D eigenvalue weighted by Crippen LogP contribution is -2.32. The van der Waals surface area contributed by atoms with Crippen molar-refractivity contribution >= 4 is 17.7 Å². The van der Waals surface area contributed by atoms with E-state index in [1.807, 2.05) is 6.07 Å². The van der Waals surface area contributed by atoms with Crippen molar-refractivity contribution in [2.75, 3.05) is 5.75 Å². The number of amides is 1. The first-order valence-corrected chi connectivity index (χ1v) is 8.01. The highest BCUT2D eigenvalue weighted by atomic mass is 32.2. The molecule has 0 aliphatic heterocycles. The Bertz CT molecular complexity index is 418. The van der Waals surface area contributed by atoms with Gasteiger partial charge in [-0.15, -0.1) is 0 Å². The van der Waals surface area contributed by atoms with Crippen LogP contribution in [0.3, 0.4) is 0 Å². The number of nitrogens with one attached hydrogen (secondary N) is 1. The molecule has 2 rings (SSSR count). The Morgan fingerprint density at radius 1 is 1.37 bits per heavy atom. The Morgan fingerprint density at radius 2 is 2.16 bits per heavy atom. The zero-order valence-corrected chi connectivity index (χ0v) is 11.8. The molecule has 1 fully saturated rings. The van der Waals surface area contributed by atoms with Gasteiger partial charge < -0.3 is 5.32 Å². The van der Waals surface area contributed by atoms with Gasteiger partial charge in [-0.25, -0.2) is 4.39 Å². The summed E-state index contributed by atoms with van der Waals surface area (Å²) < 4.78 is 13.0. The molecule has 0 atom stereocenters. The third-order valence-corrected chi connectivity index (χ3v) is 4.38. The van der Waals surface area contributed by atoms with E-state index < -0.39 is 0 Å². The minimum Gasteiger partial charge on any atom is -0.353 e. The molecule has 1 amide bonds. The quantitative estimate of drug-likeness (QED) is 0.809. The minimum absolute atomic E-state index is 0.152. The smallest absolute Gasteiger partial charge is 0.221 e. The van der Waals surface area contributed by atoms with Crippen molar-refractivity contribution in [3.05, 3.63) is 35.6 Å². The van der Waals surface area contributed by atoms with Gasteiger partial charge in [0, 0.05) is 24.0 Å². The van der Waals surface area contributed by atoms with Gasteiger partial charge in [0.05, 0.1) is 0 Å². The van der Waals surface area contributed by atoms with Crippen molar-refractivity contribution in [1.82, 2.24) is 5.32 Å². The molecule has 1 N–H and O–H groups in total. The Balaban J connectivity index is 1.59. The van der Waals surface area contributed by atoms with Gasteiger partial charge in [-0.1, -0.05) is 25.0 Å². The van der Waals surface area contributed by atoms with Crippen molar-refractivity contribution in [2.24, 2.45) is 0 Å². The topological polar surface area (TPSA) is 29.1 Å². The molecule has 2 nitrogen and oxygen atoms in total. The van der Waals surface area contributed by atoms with Crippen molar-refractivity contribution in [3.8, 4) is 0 Å². The third-order valence-electron chi connectivity index (χ3n) is 3.35. The molecule has 0 saturated heterocycles. The van der Waals surface area contributed by atoms with Crippen LogP contribution in [-0.4, -0.2) is 17.7 Å². The fourth-order valence-corrected chi connectivity index (χ4v) is 3.24. The zero-order chi connectivity index (χ0) is 13.5. The van der Waals surface area contributed by atoms with Crippen LogP contribution in [0.15, 0.2) is 24.3 Å². The standard InChI is InChI=1S/C15H20FNOS/c16-13-5-3-4-12(10-13)11-19-9-8-15(18)17-14-6-1-2-7-14/h3-5,10,14H,1-2,6-9,11H2,(H,17,18). The molecule has 1 aromatic rings. The lowest BCUT2D eigenvalue weighted by Gasteiger charge is -2.11. The largest absolute Gasteiger partial charge is 0.353 e. The Kier molecular flexibility index (Phi) is 5.70. The molecule has 0 heterocycles. The summed E-state index contributed by atoms with van der Waals surface area (Å²) in [5, 5.41) is 3.07. The summed E-state index contributed by atoms with van der Waals surface area (Å²) in [6.45, 7) is 0. The normalized spacial score (nSPS) is 15.6. The van der Waals surface area contributed by atoms with Crippen molar-refractivity contribution in [3.63, 3.8) is 0 Å². The average Bonchev–Trinajstić information content (AvgIpc) is 2.87. The first kappa shape index (κ1) is 14.4. The van der Waals surface area contributed by atoms with Gasteiger partial charge in [-0.3, -0.25) is 4.79 Å². The van der Waals surface area contributed by atoms with Crippen LogP contribution in [0.4, 0.5) is 4.39 Å². The number of carbonyl (C=O) groups excluding carboxylic acids is 1. The van der Waals surface area contributed by atoms with Crippen LogP contribution in [-0.2, 0) is 10.5 Å². The van der Waals surface area contributed by atoms with E-state index in [9.17, 15) is 9.18 Å². The maximum absolute atomic E-state index is 13.0. The second-order valence-corrected chi connectivity index (χ2v) is 6.09. The predicted molar refractivity (Wildman–Crippen MR) is 77.6 cm³/mol. The van der Waals surface area contributed by atoms with Crippen LogP contribution >= 0.6 is 11.8 Å². The van der Waals surface area contributed by atoms with Crippen molar-refractivity contribution in [1.29, 1.82) is 0 Å². The van der Waals surface area contributed by atoms with Gasteiger partial charge in [-0.05, 0) is 30.5 Å². The van der Waals surface area contributed by atoms with Crippen molar-refractivity contribution < 1.29 is 9.18 Å². The first-order valence-electron chi connectivity index (χ1n) is 6.85. The predicted octanol–water partition coefficient (Wildman–Crippen LogP) is 3.51. The summed E-state index contributed by atoms with van der Waals surface area (Å²) in [6.07, 6.45) is 5.28. The van der Waals surface area contributed by atoms with E-state index in [2.05, 4.69) is 5.32 Å². The minimum atomic E-state index is -0.197. The van der Waals surface area contributed by atoms with Gasteiger partial charge >= 0.3 is 0 Å².